The summed E-state index contributed by atoms with van der Waals surface area (Å²) in [4.78, 5) is 13.6. The summed E-state index contributed by atoms with van der Waals surface area (Å²) in [5.41, 5.74) is -4.94. The van der Waals surface area contributed by atoms with E-state index in [1.807, 2.05) is 0 Å². The fourth-order valence-corrected chi connectivity index (χ4v) is 4.53. The molecule has 204 valence electrons. The normalized spacial score (nSPS) is 19.1. The second kappa shape index (κ2) is 10.1. The maximum Gasteiger partial charge on any atom is 0.416 e. The van der Waals surface area contributed by atoms with E-state index in [9.17, 15) is 49.4 Å². The number of hydrogen-bond donors (Lipinski definition) is 1. The van der Waals surface area contributed by atoms with Crippen LogP contribution in [0.2, 0.25) is 0 Å². The first kappa shape index (κ1) is 28.6. The van der Waals surface area contributed by atoms with E-state index in [0.717, 1.165) is 23.1 Å². The first-order valence-electron chi connectivity index (χ1n) is 11.1. The van der Waals surface area contributed by atoms with Crippen molar-refractivity contribution in [2.45, 2.75) is 63.3 Å². The molecule has 0 spiro atoms. The van der Waals surface area contributed by atoms with Crippen molar-refractivity contribution >= 4 is 11.8 Å². The lowest BCUT2D eigenvalue weighted by Gasteiger charge is -2.28. The van der Waals surface area contributed by atoms with Gasteiger partial charge in [0.1, 0.15) is 0 Å². The van der Waals surface area contributed by atoms with E-state index in [2.05, 4.69) is 0 Å². The van der Waals surface area contributed by atoms with Crippen LogP contribution in [0.3, 0.4) is 0 Å². The summed E-state index contributed by atoms with van der Waals surface area (Å²) < 4.78 is 125. The summed E-state index contributed by atoms with van der Waals surface area (Å²) >= 11 is 0. The fraction of sp³-hybridized carbons (Fsp3) is 0.458. The van der Waals surface area contributed by atoms with E-state index in [1.165, 1.54) is 6.92 Å². The Labute approximate surface area is 205 Å². The summed E-state index contributed by atoms with van der Waals surface area (Å²) in [7, 11) is 0. The highest BCUT2D eigenvalue weighted by atomic mass is 19.4. The summed E-state index contributed by atoms with van der Waals surface area (Å²) in [5, 5.41) is 10.8. The van der Waals surface area contributed by atoms with E-state index < -0.39 is 71.4 Å². The molecule has 0 aliphatic carbocycles. The van der Waals surface area contributed by atoms with Crippen molar-refractivity contribution in [2.75, 3.05) is 11.5 Å². The van der Waals surface area contributed by atoms with Gasteiger partial charge in [0, 0.05) is 12.0 Å². The number of alkyl halides is 9. The molecule has 1 heterocycles. The number of benzene rings is 2. The quantitative estimate of drug-likeness (QED) is 0.393. The van der Waals surface area contributed by atoms with E-state index in [0.29, 0.717) is 12.1 Å². The van der Waals surface area contributed by atoms with Crippen LogP contribution in [0, 0.1) is 0 Å². The predicted molar refractivity (Wildman–Crippen MR) is 114 cm³/mol. The number of halogens is 9. The molecule has 13 heteroatoms. The van der Waals surface area contributed by atoms with Gasteiger partial charge in [-0.1, -0.05) is 13.0 Å². The standard InChI is InChI=1S/C24H22F9NO3/c1-3-18-17(11-20(35)12-7-14(23(28,29)30)9-15(8-12)24(31,32)33)16-6-5-13(22(25,26)27)10-19(16)34(18)21(36)37-4-2/h5-10,17-18,20,35H,3-4,11H2,1-2H3/t17-,18-,20?/m1/s1. The zero-order valence-electron chi connectivity index (χ0n) is 19.4. The molecule has 0 radical (unpaired) electrons. The lowest BCUT2D eigenvalue weighted by atomic mass is 9.85. The molecule has 1 N–H and O–H groups in total. The molecule has 0 fully saturated rings. The number of rotatable bonds is 5. The fourth-order valence-electron chi connectivity index (χ4n) is 4.53. The van der Waals surface area contributed by atoms with Crippen molar-refractivity contribution in [3.05, 3.63) is 64.2 Å². The SMILES string of the molecule is CCOC(=O)N1c2cc(C(F)(F)F)ccc2[C@@H](CC(O)c2cc(C(F)(F)F)cc(C(F)(F)F)c2)[C@H]1CC. The van der Waals surface area contributed by atoms with Gasteiger partial charge in [-0.3, -0.25) is 4.90 Å². The molecular weight excluding hydrogens is 521 g/mol. The molecule has 0 aromatic heterocycles. The van der Waals surface area contributed by atoms with Crippen LogP contribution in [-0.4, -0.2) is 23.8 Å². The molecule has 1 unspecified atom stereocenters. The average molecular weight is 543 g/mol. The first-order valence-corrected chi connectivity index (χ1v) is 11.1. The Hall–Kier alpha value is -2.96. The largest absolute Gasteiger partial charge is 0.449 e. The highest BCUT2D eigenvalue weighted by Crippen LogP contribution is 2.49. The molecule has 0 saturated heterocycles. The number of ether oxygens (including phenoxy) is 1. The Kier molecular flexibility index (Phi) is 7.79. The average Bonchev–Trinajstić information content (AvgIpc) is 3.09. The number of hydrogen-bond acceptors (Lipinski definition) is 3. The minimum Gasteiger partial charge on any atom is -0.449 e. The molecule has 0 bridgehead atoms. The van der Waals surface area contributed by atoms with Crippen molar-refractivity contribution in [2.24, 2.45) is 0 Å². The first-order chi connectivity index (χ1) is 17.0. The van der Waals surface area contributed by atoms with E-state index >= 15 is 0 Å². The Morgan fingerprint density at radius 2 is 1.43 bits per heavy atom. The number of nitrogens with zero attached hydrogens (tertiary/aromatic N) is 1. The van der Waals surface area contributed by atoms with Crippen LogP contribution in [0.1, 0.15) is 66.5 Å². The van der Waals surface area contributed by atoms with Crippen molar-refractivity contribution in [3.8, 4) is 0 Å². The maximum absolute atomic E-state index is 13.4. The Bertz CT molecular complexity index is 1110. The molecule has 1 amide bonds. The van der Waals surface area contributed by atoms with E-state index in [4.69, 9.17) is 4.74 Å². The minimum absolute atomic E-state index is 0.0723. The van der Waals surface area contributed by atoms with Gasteiger partial charge in [0.05, 0.1) is 35.1 Å². The zero-order chi connectivity index (χ0) is 27.9. The van der Waals surface area contributed by atoms with Gasteiger partial charge in [0.15, 0.2) is 0 Å². The van der Waals surface area contributed by atoms with Crippen LogP contribution < -0.4 is 4.90 Å². The van der Waals surface area contributed by atoms with Crippen LogP contribution in [0.15, 0.2) is 36.4 Å². The van der Waals surface area contributed by atoms with Gasteiger partial charge in [-0.25, -0.2) is 4.79 Å². The Balaban J connectivity index is 2.08. The highest BCUT2D eigenvalue weighted by Gasteiger charge is 2.44. The zero-order valence-corrected chi connectivity index (χ0v) is 19.4. The van der Waals surface area contributed by atoms with Crippen molar-refractivity contribution in [3.63, 3.8) is 0 Å². The molecule has 4 nitrogen and oxygen atoms in total. The second-order valence-corrected chi connectivity index (χ2v) is 8.51. The Morgan fingerprint density at radius 3 is 1.89 bits per heavy atom. The lowest BCUT2D eigenvalue weighted by Crippen LogP contribution is -2.39. The molecule has 3 atom stereocenters. The second-order valence-electron chi connectivity index (χ2n) is 8.51. The van der Waals surface area contributed by atoms with Crippen molar-refractivity contribution in [1.29, 1.82) is 0 Å². The highest BCUT2D eigenvalue weighted by molar-refractivity contribution is 5.92. The van der Waals surface area contributed by atoms with Gasteiger partial charge in [-0.2, -0.15) is 39.5 Å². The number of anilines is 1. The van der Waals surface area contributed by atoms with Crippen molar-refractivity contribution < 1.29 is 54.2 Å². The third kappa shape index (κ3) is 5.97. The van der Waals surface area contributed by atoms with E-state index in [-0.39, 0.29) is 30.3 Å². The number of aliphatic hydroxyl groups is 1. The summed E-state index contributed by atoms with van der Waals surface area (Å²) in [5.74, 6) is -0.912. The van der Waals surface area contributed by atoms with Crippen LogP contribution in [0.25, 0.3) is 0 Å². The third-order valence-electron chi connectivity index (χ3n) is 6.17. The molecule has 2 aromatic carbocycles. The minimum atomic E-state index is -5.13. The number of aliphatic hydroxyl groups excluding tert-OH is 1. The third-order valence-corrected chi connectivity index (χ3v) is 6.17. The summed E-state index contributed by atoms with van der Waals surface area (Å²) in [6.45, 7) is 2.98. The van der Waals surface area contributed by atoms with Crippen LogP contribution in [0.4, 0.5) is 50.0 Å². The number of amides is 1. The Morgan fingerprint density at radius 1 is 0.892 bits per heavy atom. The van der Waals surface area contributed by atoms with Gasteiger partial charge in [0.25, 0.3) is 0 Å². The number of fused-ring (bicyclic) bond motifs is 1. The van der Waals surface area contributed by atoms with Gasteiger partial charge < -0.3 is 9.84 Å². The van der Waals surface area contributed by atoms with Gasteiger partial charge in [-0.05, 0) is 61.2 Å². The van der Waals surface area contributed by atoms with Crippen LogP contribution in [-0.2, 0) is 23.3 Å². The molecular formula is C24H22F9NO3. The van der Waals surface area contributed by atoms with Crippen LogP contribution >= 0.6 is 0 Å². The smallest absolute Gasteiger partial charge is 0.416 e. The number of carbonyl (C=O) groups is 1. The number of carbonyl (C=O) groups excluding carboxylic acids is 1. The monoisotopic (exact) mass is 543 g/mol. The molecule has 1 aliphatic rings. The van der Waals surface area contributed by atoms with E-state index in [1.54, 1.807) is 6.92 Å². The summed E-state index contributed by atoms with van der Waals surface area (Å²) in [6, 6.07) is 2.42. The molecule has 3 rings (SSSR count). The molecule has 2 aromatic rings. The molecule has 37 heavy (non-hydrogen) atoms. The summed E-state index contributed by atoms with van der Waals surface area (Å²) in [6.07, 6.45) is -18.2. The van der Waals surface area contributed by atoms with Gasteiger partial charge >= 0.3 is 24.6 Å². The van der Waals surface area contributed by atoms with Crippen molar-refractivity contribution in [1.82, 2.24) is 0 Å². The van der Waals surface area contributed by atoms with Gasteiger partial charge in [0.2, 0.25) is 0 Å². The maximum atomic E-state index is 13.4. The van der Waals surface area contributed by atoms with Gasteiger partial charge in [-0.15, -0.1) is 0 Å². The molecule has 1 aliphatic heterocycles. The molecule has 0 saturated carbocycles. The lowest BCUT2D eigenvalue weighted by molar-refractivity contribution is -0.143. The predicted octanol–water partition coefficient (Wildman–Crippen LogP) is 7.71. The topological polar surface area (TPSA) is 49.8 Å². The van der Waals surface area contributed by atoms with Crippen LogP contribution in [0.5, 0.6) is 0 Å².